The fourth-order valence-electron chi connectivity index (χ4n) is 5.20. The van der Waals surface area contributed by atoms with Gasteiger partial charge >= 0.3 is 11.7 Å². The standard InChI is InChI=1S/C19H15N7O5.C11H11N3O2.ClH/c20-11-7-21-26-14(18(28)29)6-13(22-16(11)26)17(27)23-12-4-2-8-5-9(1-3-10(8)12)15-24-19(30)31-25-15;12-5-6-2-1-3-7(4-6)14-9-8(13)10(15)11(9)16;/h1,3,5-7,12H,2,4,20H2,(H,23,27)(H,28,29)(H,24,25,30);1-4,14H,5,12-13H2;1H/t12-;;/m0../s1. The summed E-state index contributed by atoms with van der Waals surface area (Å²) >= 11 is 0. The summed E-state index contributed by atoms with van der Waals surface area (Å²) in [6.07, 6.45) is 2.64. The van der Waals surface area contributed by atoms with Crippen LogP contribution in [-0.2, 0) is 13.0 Å². The Morgan fingerprint density at radius 1 is 1.08 bits per heavy atom. The number of aryl methyl sites for hydroxylation is 1. The summed E-state index contributed by atoms with van der Waals surface area (Å²) < 4.78 is 5.62. The molecule has 7 rings (SSSR count). The average molecular weight is 675 g/mol. The molecule has 1 aliphatic carbocycles. The van der Waals surface area contributed by atoms with Gasteiger partial charge in [0.15, 0.2) is 17.2 Å². The highest BCUT2D eigenvalue weighted by atomic mass is 35.5. The number of rotatable bonds is 7. The number of anilines is 4. The second-order valence-electron chi connectivity index (χ2n) is 10.6. The van der Waals surface area contributed by atoms with Crippen LogP contribution in [0.3, 0.4) is 0 Å². The first-order valence-corrected chi connectivity index (χ1v) is 14.1. The first kappa shape index (κ1) is 33.0. The topological polar surface area (TPSA) is 280 Å². The minimum atomic E-state index is -1.26. The van der Waals surface area contributed by atoms with Crippen molar-refractivity contribution >= 4 is 52.7 Å². The average Bonchev–Trinajstić information content (AvgIpc) is 3.81. The lowest BCUT2D eigenvalue weighted by molar-refractivity contribution is 0.0687. The predicted octanol–water partition coefficient (Wildman–Crippen LogP) is 1.26. The summed E-state index contributed by atoms with van der Waals surface area (Å²) in [7, 11) is 0. The number of carboxylic acid groups (broad SMARTS) is 1. The number of aromatic amines is 1. The van der Waals surface area contributed by atoms with Crippen LogP contribution in [0.4, 0.5) is 22.7 Å². The second kappa shape index (κ2) is 13.2. The van der Waals surface area contributed by atoms with Crippen molar-refractivity contribution in [3.63, 3.8) is 0 Å². The Kier molecular flexibility index (Phi) is 9.08. The first-order chi connectivity index (χ1) is 22.5. The van der Waals surface area contributed by atoms with Crippen LogP contribution in [0.1, 0.15) is 50.1 Å². The Morgan fingerprint density at radius 2 is 1.88 bits per heavy atom. The Bertz CT molecular complexity index is 2320. The molecule has 0 saturated heterocycles. The number of aromatic carboxylic acids is 1. The summed E-state index contributed by atoms with van der Waals surface area (Å²) in [6.45, 7) is 0.414. The molecule has 0 saturated carbocycles. The highest BCUT2D eigenvalue weighted by molar-refractivity contribution is 5.97. The molecule has 0 fully saturated rings. The van der Waals surface area contributed by atoms with Crippen molar-refractivity contribution in [2.24, 2.45) is 5.73 Å². The molecular weight excluding hydrogens is 648 g/mol. The number of halogens is 1. The van der Waals surface area contributed by atoms with Gasteiger partial charge in [0.1, 0.15) is 17.1 Å². The van der Waals surface area contributed by atoms with Crippen LogP contribution in [0, 0.1) is 0 Å². The van der Waals surface area contributed by atoms with Gasteiger partial charge in [0.2, 0.25) is 0 Å². The minimum absolute atomic E-state index is 0. The van der Waals surface area contributed by atoms with Gasteiger partial charge in [0.05, 0.1) is 17.9 Å². The third-order valence-corrected chi connectivity index (χ3v) is 7.57. The van der Waals surface area contributed by atoms with Crippen LogP contribution < -0.4 is 44.4 Å². The fraction of sp³-hybridized carbons (Fsp3) is 0.133. The number of amides is 1. The molecule has 10 N–H and O–H groups in total. The first-order valence-electron chi connectivity index (χ1n) is 14.1. The number of hydrogen-bond acceptors (Lipinski definition) is 13. The maximum atomic E-state index is 12.9. The number of hydrogen-bond donors (Lipinski definition) is 7. The van der Waals surface area contributed by atoms with E-state index in [9.17, 15) is 29.1 Å². The van der Waals surface area contributed by atoms with Crippen molar-refractivity contribution in [3.05, 3.63) is 114 Å². The van der Waals surface area contributed by atoms with Gasteiger partial charge in [0.25, 0.3) is 16.8 Å². The number of nitrogens with two attached hydrogens (primary N) is 3. The van der Waals surface area contributed by atoms with Crippen LogP contribution in [-0.4, -0.2) is 41.7 Å². The number of fused-ring (bicyclic) bond motifs is 2. The fourth-order valence-corrected chi connectivity index (χ4v) is 5.20. The molecule has 18 heteroatoms. The third kappa shape index (κ3) is 6.22. The number of nitrogens with one attached hydrogen (secondary N) is 3. The number of benzene rings is 2. The van der Waals surface area contributed by atoms with E-state index < -0.39 is 28.5 Å². The third-order valence-electron chi connectivity index (χ3n) is 7.57. The van der Waals surface area contributed by atoms with Crippen LogP contribution >= 0.6 is 12.4 Å². The van der Waals surface area contributed by atoms with E-state index in [1.54, 1.807) is 18.2 Å². The Labute approximate surface area is 274 Å². The van der Waals surface area contributed by atoms with Crippen LogP contribution in [0.2, 0.25) is 0 Å². The molecule has 0 spiro atoms. The van der Waals surface area contributed by atoms with E-state index in [0.717, 1.165) is 27.3 Å². The zero-order valence-corrected chi connectivity index (χ0v) is 25.5. The lowest BCUT2D eigenvalue weighted by atomic mass is 10.0. The molecule has 6 aromatic rings. The lowest BCUT2D eigenvalue weighted by Gasteiger charge is -2.14. The molecule has 3 heterocycles. The normalized spacial score (nSPS) is 13.3. The molecule has 48 heavy (non-hydrogen) atoms. The van der Waals surface area contributed by atoms with Gasteiger partial charge in [-0.05, 0) is 47.7 Å². The molecule has 0 aliphatic heterocycles. The van der Waals surface area contributed by atoms with Gasteiger partial charge in [0, 0.05) is 23.9 Å². The zero-order chi connectivity index (χ0) is 33.4. The van der Waals surface area contributed by atoms with Gasteiger partial charge in [-0.2, -0.15) is 5.10 Å². The Morgan fingerprint density at radius 3 is 2.56 bits per heavy atom. The molecule has 246 valence electrons. The molecular formula is C30H27ClN10O7. The number of carboxylic acids is 1. The number of nitrogen functional groups attached to an aromatic ring is 2. The van der Waals surface area contributed by atoms with Crippen molar-refractivity contribution in [2.45, 2.75) is 25.4 Å². The maximum Gasteiger partial charge on any atom is 0.439 e. The molecule has 1 aliphatic rings. The maximum absolute atomic E-state index is 12.9. The van der Waals surface area contributed by atoms with Crippen molar-refractivity contribution in [1.29, 1.82) is 0 Å². The van der Waals surface area contributed by atoms with E-state index in [4.69, 9.17) is 17.2 Å². The van der Waals surface area contributed by atoms with Gasteiger partial charge in [-0.3, -0.25) is 23.9 Å². The summed E-state index contributed by atoms with van der Waals surface area (Å²) in [5, 5.41) is 22.7. The van der Waals surface area contributed by atoms with Crippen molar-refractivity contribution in [3.8, 4) is 11.4 Å². The number of aromatic nitrogens is 5. The summed E-state index contributed by atoms with van der Waals surface area (Å²) in [5.41, 5.74) is 19.9. The summed E-state index contributed by atoms with van der Waals surface area (Å²) in [5.74, 6) is -2.08. The number of nitrogens with zero attached hydrogens (tertiary/aromatic N) is 4. The number of carbonyl (C=O) groups is 2. The van der Waals surface area contributed by atoms with E-state index >= 15 is 0 Å². The lowest BCUT2D eigenvalue weighted by Crippen LogP contribution is -2.36. The van der Waals surface area contributed by atoms with Crippen molar-refractivity contribution in [2.75, 3.05) is 16.8 Å². The SMILES string of the molecule is Cl.NCc1cccc(Nc2c(N)c(=O)c2=O)c1.Nc1cnn2c(C(=O)O)cc(C(=O)N[C@H]3CCc4cc(-c5noc(=O)[nH]5)ccc43)nc12. The second-order valence-corrected chi connectivity index (χ2v) is 10.6. The van der Waals surface area contributed by atoms with E-state index in [2.05, 4.69) is 35.4 Å². The monoisotopic (exact) mass is 674 g/mol. The van der Waals surface area contributed by atoms with E-state index in [1.807, 2.05) is 24.3 Å². The quantitative estimate of drug-likeness (QED) is 0.117. The van der Waals surface area contributed by atoms with Crippen molar-refractivity contribution < 1.29 is 19.2 Å². The molecule has 3 aromatic heterocycles. The molecule has 0 unspecified atom stereocenters. The molecule has 1 amide bonds. The van der Waals surface area contributed by atoms with E-state index in [1.165, 1.54) is 6.20 Å². The smallest absolute Gasteiger partial charge is 0.439 e. The van der Waals surface area contributed by atoms with Crippen LogP contribution in [0.25, 0.3) is 17.0 Å². The Balaban J connectivity index is 0.000000224. The number of H-pyrrole nitrogens is 1. The molecule has 3 aromatic carbocycles. The molecule has 1 atom stereocenters. The Hall–Kier alpha value is -6.33. The van der Waals surface area contributed by atoms with Gasteiger partial charge in [-0.15, -0.1) is 12.4 Å². The minimum Gasteiger partial charge on any atom is -0.477 e. The van der Waals surface area contributed by atoms with Gasteiger partial charge in [-0.25, -0.2) is 19.1 Å². The molecule has 17 nitrogen and oxygen atoms in total. The largest absolute Gasteiger partial charge is 0.477 e. The predicted molar refractivity (Wildman–Crippen MR) is 176 cm³/mol. The molecule has 0 radical (unpaired) electrons. The van der Waals surface area contributed by atoms with Crippen LogP contribution in [0.5, 0.6) is 0 Å². The van der Waals surface area contributed by atoms with Crippen molar-refractivity contribution in [1.82, 2.24) is 30.1 Å². The van der Waals surface area contributed by atoms with Gasteiger partial charge in [-0.1, -0.05) is 29.4 Å². The summed E-state index contributed by atoms with van der Waals surface area (Å²) in [6, 6.07) is 13.7. The van der Waals surface area contributed by atoms with E-state index in [-0.39, 0.29) is 52.5 Å². The summed E-state index contributed by atoms with van der Waals surface area (Å²) in [4.78, 5) is 64.3. The molecule has 0 bridgehead atoms. The van der Waals surface area contributed by atoms with Crippen LogP contribution in [0.15, 0.2) is 73.6 Å². The van der Waals surface area contributed by atoms with Gasteiger partial charge < -0.3 is 32.9 Å². The highest BCUT2D eigenvalue weighted by Crippen LogP contribution is 2.33. The highest BCUT2D eigenvalue weighted by Gasteiger charge is 2.27. The zero-order valence-electron chi connectivity index (χ0n) is 24.7. The number of carbonyl (C=O) groups excluding carboxylic acids is 1. The van der Waals surface area contributed by atoms with E-state index in [0.29, 0.717) is 36.5 Å².